The van der Waals surface area contributed by atoms with Gasteiger partial charge in [0.25, 0.3) is 0 Å². The third kappa shape index (κ3) is 2.66. The number of rotatable bonds is 4. The minimum absolute atomic E-state index is 0.0784. The highest BCUT2D eigenvalue weighted by atomic mass is 16.5. The molecule has 0 atom stereocenters. The van der Waals surface area contributed by atoms with Gasteiger partial charge in [-0.1, -0.05) is 42.5 Å². The van der Waals surface area contributed by atoms with E-state index in [-0.39, 0.29) is 23.9 Å². The van der Waals surface area contributed by atoms with Crippen molar-refractivity contribution in [2.75, 3.05) is 6.54 Å². The molecule has 1 aliphatic heterocycles. The number of fused-ring (bicyclic) bond motifs is 1. The molecule has 2 aromatic rings. The molecule has 0 spiro atoms. The van der Waals surface area contributed by atoms with Crippen LogP contribution in [-0.2, 0) is 9.53 Å². The highest BCUT2D eigenvalue weighted by Gasteiger charge is 2.30. The number of hydrogen-bond donors (Lipinski definition) is 1. The fraction of sp³-hybridized carbons (Fsp3) is 0.105. The van der Waals surface area contributed by atoms with Crippen LogP contribution in [0.3, 0.4) is 0 Å². The summed E-state index contributed by atoms with van der Waals surface area (Å²) in [5.74, 6) is -0.640. The summed E-state index contributed by atoms with van der Waals surface area (Å²) in [7, 11) is 0. The lowest BCUT2D eigenvalue weighted by Crippen LogP contribution is -2.13. The number of allylic oxidation sites excluding steroid dienone is 1. The number of cyclic esters (lactones) is 1. The molecule has 0 unspecified atom stereocenters. The third-order valence-corrected chi connectivity index (χ3v) is 3.85. The van der Waals surface area contributed by atoms with Crippen LogP contribution in [-0.4, -0.2) is 24.1 Å². The van der Waals surface area contributed by atoms with Crippen LogP contribution in [0.15, 0.2) is 48.5 Å². The van der Waals surface area contributed by atoms with Crippen molar-refractivity contribution >= 4 is 28.9 Å². The maximum Gasteiger partial charge on any atom is 0.344 e. The molecule has 0 fully saturated rings. The zero-order valence-corrected chi connectivity index (χ0v) is 13.0. The quantitative estimate of drug-likeness (QED) is 0.531. The maximum atomic E-state index is 12.2. The Balaban J connectivity index is 2.14. The van der Waals surface area contributed by atoms with Gasteiger partial charge in [0.15, 0.2) is 17.3 Å². The molecule has 24 heavy (non-hydrogen) atoms. The molecule has 0 bridgehead atoms. The molecule has 3 rings (SSSR count). The first kappa shape index (κ1) is 15.8. The van der Waals surface area contributed by atoms with E-state index in [0.717, 1.165) is 0 Å². The summed E-state index contributed by atoms with van der Waals surface area (Å²) in [6.45, 7) is 1.33. The Labute approximate surface area is 138 Å². The molecule has 1 aliphatic rings. The normalized spacial score (nSPS) is 14.8. The van der Waals surface area contributed by atoms with E-state index in [2.05, 4.69) is 0 Å². The molecule has 0 saturated heterocycles. The number of ether oxygens (including phenoxy) is 1. The molecule has 2 aromatic carbocycles. The van der Waals surface area contributed by atoms with Crippen LogP contribution in [0.25, 0.3) is 11.3 Å². The second kappa shape index (κ2) is 6.22. The SMILES string of the molecule is CC(=O)/C(=C1/OC(=O)c2ccccc21)c1ccc(C(=O)CN)cc1. The Morgan fingerprint density at radius 1 is 0.958 bits per heavy atom. The molecule has 0 radical (unpaired) electrons. The summed E-state index contributed by atoms with van der Waals surface area (Å²) in [6, 6.07) is 13.4. The van der Waals surface area contributed by atoms with Gasteiger partial charge in [-0.05, 0) is 18.6 Å². The van der Waals surface area contributed by atoms with Crippen molar-refractivity contribution in [1.29, 1.82) is 0 Å². The lowest BCUT2D eigenvalue weighted by atomic mass is 9.96. The number of ketones is 2. The van der Waals surface area contributed by atoms with Gasteiger partial charge in [-0.15, -0.1) is 0 Å². The summed E-state index contributed by atoms with van der Waals surface area (Å²) >= 11 is 0. The van der Waals surface area contributed by atoms with E-state index >= 15 is 0 Å². The molecular weight excluding hydrogens is 306 g/mol. The minimum Gasteiger partial charge on any atom is -0.421 e. The molecule has 0 aromatic heterocycles. The average molecular weight is 321 g/mol. The van der Waals surface area contributed by atoms with Crippen LogP contribution in [0, 0.1) is 0 Å². The highest BCUT2D eigenvalue weighted by molar-refractivity contribution is 6.28. The van der Waals surface area contributed by atoms with E-state index in [9.17, 15) is 14.4 Å². The molecule has 5 heteroatoms. The van der Waals surface area contributed by atoms with Gasteiger partial charge < -0.3 is 10.5 Å². The molecule has 0 amide bonds. The Bertz CT molecular complexity index is 878. The average Bonchev–Trinajstić information content (AvgIpc) is 2.92. The topological polar surface area (TPSA) is 86.5 Å². The van der Waals surface area contributed by atoms with Crippen LogP contribution >= 0.6 is 0 Å². The summed E-state index contributed by atoms with van der Waals surface area (Å²) in [5, 5.41) is 0. The van der Waals surface area contributed by atoms with Crippen molar-refractivity contribution in [1.82, 2.24) is 0 Å². The van der Waals surface area contributed by atoms with Crippen LogP contribution in [0.2, 0.25) is 0 Å². The number of Topliss-reactive ketones (excluding diaryl/α,β-unsaturated/α-hetero) is 2. The van der Waals surface area contributed by atoms with Crippen LogP contribution in [0.4, 0.5) is 0 Å². The Morgan fingerprint density at radius 2 is 1.54 bits per heavy atom. The summed E-state index contributed by atoms with van der Waals surface area (Å²) in [6.07, 6.45) is 0. The van der Waals surface area contributed by atoms with Gasteiger partial charge in [0.2, 0.25) is 0 Å². The fourth-order valence-electron chi connectivity index (χ4n) is 2.68. The number of esters is 1. The zero-order valence-electron chi connectivity index (χ0n) is 13.0. The first-order valence-electron chi connectivity index (χ1n) is 7.43. The maximum absolute atomic E-state index is 12.2. The first-order chi connectivity index (χ1) is 11.5. The fourth-order valence-corrected chi connectivity index (χ4v) is 2.68. The predicted octanol–water partition coefficient (Wildman–Crippen LogP) is 2.46. The van der Waals surface area contributed by atoms with Crippen LogP contribution in [0.1, 0.15) is 38.8 Å². The zero-order chi connectivity index (χ0) is 17.3. The molecule has 2 N–H and O–H groups in total. The van der Waals surface area contributed by atoms with Crippen molar-refractivity contribution in [2.45, 2.75) is 6.92 Å². The second-order valence-electron chi connectivity index (χ2n) is 5.40. The summed E-state index contributed by atoms with van der Waals surface area (Å²) in [4.78, 5) is 35.8. The van der Waals surface area contributed by atoms with Crippen LogP contribution in [0.5, 0.6) is 0 Å². The highest BCUT2D eigenvalue weighted by Crippen LogP contribution is 2.36. The van der Waals surface area contributed by atoms with Crippen molar-refractivity contribution in [3.8, 4) is 0 Å². The third-order valence-electron chi connectivity index (χ3n) is 3.85. The number of hydrogen-bond acceptors (Lipinski definition) is 5. The van der Waals surface area contributed by atoms with E-state index < -0.39 is 5.97 Å². The Morgan fingerprint density at radius 3 is 2.12 bits per heavy atom. The molecular formula is C19H15NO4. The Hall–Kier alpha value is -3.05. The molecule has 120 valence electrons. The predicted molar refractivity (Wildman–Crippen MR) is 89.2 cm³/mol. The van der Waals surface area contributed by atoms with Crippen molar-refractivity contribution in [3.63, 3.8) is 0 Å². The smallest absolute Gasteiger partial charge is 0.344 e. The summed E-state index contributed by atoms with van der Waals surface area (Å²) in [5.41, 5.74) is 7.73. The number of carbonyl (C=O) groups excluding carboxylic acids is 3. The lowest BCUT2D eigenvalue weighted by Gasteiger charge is -2.09. The van der Waals surface area contributed by atoms with Gasteiger partial charge in [-0.2, -0.15) is 0 Å². The van der Waals surface area contributed by atoms with E-state index in [1.807, 2.05) is 0 Å². The number of benzene rings is 2. The van der Waals surface area contributed by atoms with Gasteiger partial charge in [0.05, 0.1) is 17.7 Å². The van der Waals surface area contributed by atoms with Gasteiger partial charge >= 0.3 is 5.97 Å². The second-order valence-corrected chi connectivity index (χ2v) is 5.40. The lowest BCUT2D eigenvalue weighted by molar-refractivity contribution is -0.111. The van der Waals surface area contributed by atoms with E-state index in [4.69, 9.17) is 10.5 Å². The molecule has 1 heterocycles. The molecule has 0 aliphatic carbocycles. The van der Waals surface area contributed by atoms with E-state index in [0.29, 0.717) is 27.8 Å². The van der Waals surface area contributed by atoms with Gasteiger partial charge in [-0.3, -0.25) is 9.59 Å². The Kier molecular flexibility index (Phi) is 4.10. The largest absolute Gasteiger partial charge is 0.421 e. The first-order valence-corrected chi connectivity index (χ1v) is 7.43. The number of carbonyl (C=O) groups is 3. The van der Waals surface area contributed by atoms with Crippen molar-refractivity contribution in [3.05, 3.63) is 70.8 Å². The van der Waals surface area contributed by atoms with Crippen molar-refractivity contribution in [2.24, 2.45) is 5.73 Å². The van der Waals surface area contributed by atoms with Gasteiger partial charge in [-0.25, -0.2) is 4.79 Å². The van der Waals surface area contributed by atoms with E-state index in [1.165, 1.54) is 6.92 Å². The number of nitrogens with two attached hydrogens (primary N) is 1. The molecule has 5 nitrogen and oxygen atoms in total. The van der Waals surface area contributed by atoms with Gasteiger partial charge in [0.1, 0.15) is 0 Å². The monoisotopic (exact) mass is 321 g/mol. The van der Waals surface area contributed by atoms with E-state index in [1.54, 1.807) is 48.5 Å². The standard InChI is InChI=1S/C19H15NO4/c1-11(21)17(13-8-6-12(7-9-13)16(22)10-20)18-14-4-2-3-5-15(14)19(23)24-18/h2-9H,10,20H2,1H3/b18-17-. The minimum atomic E-state index is -0.478. The van der Waals surface area contributed by atoms with Crippen molar-refractivity contribution < 1.29 is 19.1 Å². The van der Waals surface area contributed by atoms with Gasteiger partial charge in [0, 0.05) is 11.1 Å². The van der Waals surface area contributed by atoms with Crippen LogP contribution < -0.4 is 5.73 Å². The summed E-state index contributed by atoms with van der Waals surface area (Å²) < 4.78 is 5.34. The molecule has 0 saturated carbocycles.